The molecule has 1 aromatic heterocycles. The molecule has 1 heterocycles. The molecule has 3 aromatic rings. The minimum absolute atomic E-state index is 0.499. The summed E-state index contributed by atoms with van der Waals surface area (Å²) in [6, 6.07) is 15.9. The molecule has 0 saturated heterocycles. The van der Waals surface area contributed by atoms with Gasteiger partial charge in [0.2, 0.25) is 0 Å². The number of halogens is 1. The number of fused-ring (bicyclic) bond motifs is 1. The summed E-state index contributed by atoms with van der Waals surface area (Å²) in [4.78, 5) is 8.93. The van der Waals surface area contributed by atoms with E-state index in [1.807, 2.05) is 55.5 Å². The summed E-state index contributed by atoms with van der Waals surface area (Å²) in [6.45, 7) is 2.04. The quantitative estimate of drug-likeness (QED) is 0.607. The Balaban J connectivity index is 2.27. The van der Waals surface area contributed by atoms with E-state index >= 15 is 0 Å². The summed E-state index contributed by atoms with van der Waals surface area (Å²) >= 11 is 6.21. The molecule has 0 fully saturated rings. The Hall–Kier alpha value is -1.93. The first kappa shape index (κ1) is 11.2. The van der Waals surface area contributed by atoms with Crippen LogP contribution in [-0.4, -0.2) is 9.97 Å². The second-order valence-electron chi connectivity index (χ2n) is 4.22. The van der Waals surface area contributed by atoms with E-state index < -0.39 is 0 Å². The van der Waals surface area contributed by atoms with Gasteiger partial charge in [0.05, 0.1) is 5.52 Å². The predicted octanol–water partition coefficient (Wildman–Crippen LogP) is 4.26. The van der Waals surface area contributed by atoms with Crippen LogP contribution in [0, 0.1) is 6.92 Å². The first-order valence-corrected chi connectivity index (χ1v) is 6.11. The number of aromatic nitrogens is 2. The van der Waals surface area contributed by atoms with Crippen LogP contribution in [0.2, 0.25) is 5.15 Å². The number of benzene rings is 2. The Morgan fingerprint density at radius 3 is 2.50 bits per heavy atom. The highest BCUT2D eigenvalue weighted by atomic mass is 35.5. The Kier molecular flexibility index (Phi) is 2.73. The third-order valence-electron chi connectivity index (χ3n) is 2.84. The van der Waals surface area contributed by atoms with E-state index in [-0.39, 0.29) is 0 Å². The SMILES string of the molecule is Cc1ccc2c(Cl)nc(-c3ccccc3)nc2c1. The molecule has 0 spiro atoms. The number of hydrogen-bond acceptors (Lipinski definition) is 2. The van der Waals surface area contributed by atoms with Crippen LogP contribution in [0.1, 0.15) is 5.56 Å². The predicted molar refractivity (Wildman–Crippen MR) is 74.7 cm³/mol. The van der Waals surface area contributed by atoms with Crippen molar-refractivity contribution >= 4 is 22.5 Å². The second-order valence-corrected chi connectivity index (χ2v) is 4.58. The van der Waals surface area contributed by atoms with Crippen LogP contribution < -0.4 is 0 Å². The molecule has 0 radical (unpaired) electrons. The molecule has 0 atom stereocenters. The average Bonchev–Trinajstić information content (AvgIpc) is 2.39. The maximum absolute atomic E-state index is 6.21. The number of hydrogen-bond donors (Lipinski definition) is 0. The van der Waals surface area contributed by atoms with Gasteiger partial charge in [-0.1, -0.05) is 48.0 Å². The maximum Gasteiger partial charge on any atom is 0.161 e. The fourth-order valence-electron chi connectivity index (χ4n) is 1.92. The van der Waals surface area contributed by atoms with Crippen LogP contribution in [0.5, 0.6) is 0 Å². The van der Waals surface area contributed by atoms with Crippen molar-refractivity contribution in [2.24, 2.45) is 0 Å². The molecule has 0 aliphatic rings. The fraction of sp³-hybridized carbons (Fsp3) is 0.0667. The highest BCUT2D eigenvalue weighted by molar-refractivity contribution is 6.34. The molecular weight excluding hydrogens is 244 g/mol. The van der Waals surface area contributed by atoms with Crippen molar-refractivity contribution in [2.45, 2.75) is 6.92 Å². The van der Waals surface area contributed by atoms with Gasteiger partial charge in [-0.15, -0.1) is 0 Å². The lowest BCUT2D eigenvalue weighted by Gasteiger charge is -2.05. The maximum atomic E-state index is 6.21. The van der Waals surface area contributed by atoms with Gasteiger partial charge in [0.1, 0.15) is 5.15 Å². The van der Waals surface area contributed by atoms with Gasteiger partial charge in [-0.2, -0.15) is 0 Å². The number of nitrogens with zero attached hydrogens (tertiary/aromatic N) is 2. The molecule has 88 valence electrons. The summed E-state index contributed by atoms with van der Waals surface area (Å²) in [6.07, 6.45) is 0. The minimum Gasteiger partial charge on any atom is -0.228 e. The van der Waals surface area contributed by atoms with E-state index in [0.717, 1.165) is 22.0 Å². The summed E-state index contributed by atoms with van der Waals surface area (Å²) in [5, 5.41) is 1.39. The zero-order chi connectivity index (χ0) is 12.5. The van der Waals surface area contributed by atoms with Gasteiger partial charge in [-0.25, -0.2) is 9.97 Å². The second kappa shape index (κ2) is 4.39. The summed E-state index contributed by atoms with van der Waals surface area (Å²) in [7, 11) is 0. The van der Waals surface area contributed by atoms with Crippen molar-refractivity contribution in [3.05, 3.63) is 59.2 Å². The lowest BCUT2D eigenvalue weighted by atomic mass is 10.1. The topological polar surface area (TPSA) is 25.8 Å². The molecule has 3 rings (SSSR count). The fourth-order valence-corrected chi connectivity index (χ4v) is 2.16. The van der Waals surface area contributed by atoms with Crippen molar-refractivity contribution in [2.75, 3.05) is 0 Å². The Morgan fingerprint density at radius 2 is 1.72 bits per heavy atom. The lowest BCUT2D eigenvalue weighted by Crippen LogP contribution is -1.92. The number of rotatable bonds is 1. The van der Waals surface area contributed by atoms with Gasteiger partial charge in [0.25, 0.3) is 0 Å². The number of aryl methyl sites for hydroxylation is 1. The van der Waals surface area contributed by atoms with Gasteiger partial charge in [0.15, 0.2) is 5.82 Å². The molecule has 0 aliphatic carbocycles. The van der Waals surface area contributed by atoms with Crippen LogP contribution in [0.25, 0.3) is 22.3 Å². The minimum atomic E-state index is 0.499. The van der Waals surface area contributed by atoms with Crippen LogP contribution >= 0.6 is 11.6 Å². The van der Waals surface area contributed by atoms with Crippen LogP contribution in [0.15, 0.2) is 48.5 Å². The molecule has 3 heteroatoms. The normalized spacial score (nSPS) is 10.8. The van der Waals surface area contributed by atoms with Crippen molar-refractivity contribution in [1.82, 2.24) is 9.97 Å². The zero-order valence-electron chi connectivity index (χ0n) is 9.89. The summed E-state index contributed by atoms with van der Waals surface area (Å²) < 4.78 is 0. The van der Waals surface area contributed by atoms with Gasteiger partial charge < -0.3 is 0 Å². The van der Waals surface area contributed by atoms with E-state index in [9.17, 15) is 0 Å². The first-order valence-electron chi connectivity index (χ1n) is 5.73. The molecule has 0 bridgehead atoms. The van der Waals surface area contributed by atoms with Gasteiger partial charge >= 0.3 is 0 Å². The van der Waals surface area contributed by atoms with Crippen LogP contribution in [-0.2, 0) is 0 Å². The van der Waals surface area contributed by atoms with E-state index in [1.165, 1.54) is 0 Å². The van der Waals surface area contributed by atoms with Crippen molar-refractivity contribution in [3.8, 4) is 11.4 Å². The monoisotopic (exact) mass is 254 g/mol. The van der Waals surface area contributed by atoms with Crippen molar-refractivity contribution < 1.29 is 0 Å². The highest BCUT2D eigenvalue weighted by Gasteiger charge is 2.07. The van der Waals surface area contributed by atoms with Crippen molar-refractivity contribution in [3.63, 3.8) is 0 Å². The van der Waals surface area contributed by atoms with Gasteiger partial charge in [0, 0.05) is 10.9 Å². The molecule has 0 unspecified atom stereocenters. The standard InChI is InChI=1S/C15H11ClN2/c1-10-7-8-12-13(9-10)17-15(18-14(12)16)11-5-3-2-4-6-11/h2-9H,1H3. The third-order valence-corrected chi connectivity index (χ3v) is 3.13. The Labute approximate surface area is 110 Å². The smallest absolute Gasteiger partial charge is 0.161 e. The highest BCUT2D eigenvalue weighted by Crippen LogP contribution is 2.25. The van der Waals surface area contributed by atoms with E-state index in [0.29, 0.717) is 11.0 Å². The summed E-state index contributed by atoms with van der Waals surface area (Å²) in [5.41, 5.74) is 3.02. The Bertz CT molecular complexity index is 708. The molecule has 2 aromatic carbocycles. The van der Waals surface area contributed by atoms with Gasteiger partial charge in [-0.3, -0.25) is 0 Å². The van der Waals surface area contributed by atoms with E-state index in [4.69, 9.17) is 11.6 Å². The molecule has 0 amide bonds. The first-order chi connectivity index (χ1) is 8.74. The molecule has 0 saturated carbocycles. The third kappa shape index (κ3) is 1.95. The zero-order valence-corrected chi connectivity index (χ0v) is 10.6. The summed E-state index contributed by atoms with van der Waals surface area (Å²) in [5.74, 6) is 0.665. The molecular formula is C15H11ClN2. The Morgan fingerprint density at radius 1 is 0.944 bits per heavy atom. The van der Waals surface area contributed by atoms with Gasteiger partial charge in [-0.05, 0) is 24.6 Å². The van der Waals surface area contributed by atoms with Crippen LogP contribution in [0.4, 0.5) is 0 Å². The molecule has 0 aliphatic heterocycles. The van der Waals surface area contributed by atoms with Crippen molar-refractivity contribution in [1.29, 1.82) is 0 Å². The lowest BCUT2D eigenvalue weighted by molar-refractivity contribution is 1.22. The molecule has 0 N–H and O–H groups in total. The van der Waals surface area contributed by atoms with E-state index in [1.54, 1.807) is 0 Å². The average molecular weight is 255 g/mol. The molecule has 18 heavy (non-hydrogen) atoms. The molecule has 2 nitrogen and oxygen atoms in total. The van der Waals surface area contributed by atoms with Crippen LogP contribution in [0.3, 0.4) is 0 Å². The largest absolute Gasteiger partial charge is 0.228 e. The van der Waals surface area contributed by atoms with E-state index in [2.05, 4.69) is 9.97 Å².